The summed E-state index contributed by atoms with van der Waals surface area (Å²) >= 11 is 2.55. The summed E-state index contributed by atoms with van der Waals surface area (Å²) in [5.41, 5.74) is 6.43. The number of amides is 1. The zero-order valence-corrected chi connectivity index (χ0v) is 17.6. The topological polar surface area (TPSA) is 125 Å². The SMILES string of the molecule is CCSc1nnc(N)n1C(CC)C(=O)Nc1nc(C)c(C(=O)OC(C)C)s1. The quantitative estimate of drug-likeness (QED) is 0.501. The predicted molar refractivity (Wildman–Crippen MR) is 106 cm³/mol. The Bertz CT molecular complexity index is 817. The van der Waals surface area contributed by atoms with Gasteiger partial charge in [0.1, 0.15) is 10.9 Å². The number of thioether (sulfide) groups is 1. The number of aryl methyl sites for hydroxylation is 1. The molecule has 9 nitrogen and oxygen atoms in total. The molecule has 0 aliphatic carbocycles. The fourth-order valence-electron chi connectivity index (χ4n) is 2.39. The minimum Gasteiger partial charge on any atom is -0.459 e. The molecule has 2 heterocycles. The third-order valence-electron chi connectivity index (χ3n) is 3.52. The summed E-state index contributed by atoms with van der Waals surface area (Å²) in [6.45, 7) is 9.12. The van der Waals surface area contributed by atoms with Gasteiger partial charge in [0, 0.05) is 0 Å². The van der Waals surface area contributed by atoms with Crippen molar-refractivity contribution in [2.75, 3.05) is 16.8 Å². The lowest BCUT2D eigenvalue weighted by atomic mass is 10.2. The van der Waals surface area contributed by atoms with Crippen molar-refractivity contribution in [1.82, 2.24) is 19.7 Å². The van der Waals surface area contributed by atoms with Gasteiger partial charge in [0.25, 0.3) is 0 Å². The lowest BCUT2D eigenvalue weighted by Gasteiger charge is -2.18. The van der Waals surface area contributed by atoms with Crippen molar-refractivity contribution in [3.63, 3.8) is 0 Å². The highest BCUT2D eigenvalue weighted by Crippen LogP contribution is 2.28. The summed E-state index contributed by atoms with van der Waals surface area (Å²) in [7, 11) is 0. The molecular weight excluding hydrogens is 388 g/mol. The standard InChI is InChI=1S/C16H24N6O3S2/c1-6-10(22-14(17)20-21-16(22)26-7-2)12(23)19-15-18-9(5)11(27-15)13(24)25-8(3)4/h8,10H,6-7H2,1-5H3,(H2,17,20)(H,18,19,23). The van der Waals surface area contributed by atoms with E-state index in [1.807, 2.05) is 13.8 Å². The lowest BCUT2D eigenvalue weighted by Crippen LogP contribution is -2.27. The van der Waals surface area contributed by atoms with Crippen molar-refractivity contribution in [2.45, 2.75) is 58.3 Å². The number of nitrogens with zero attached hydrogens (tertiary/aromatic N) is 4. The maximum absolute atomic E-state index is 12.8. The highest BCUT2D eigenvalue weighted by atomic mass is 32.2. The molecule has 1 amide bonds. The lowest BCUT2D eigenvalue weighted by molar-refractivity contribution is -0.119. The predicted octanol–water partition coefficient (Wildman–Crippen LogP) is 2.89. The number of nitrogens with two attached hydrogens (primary N) is 1. The Morgan fingerprint density at radius 1 is 1.33 bits per heavy atom. The number of esters is 1. The van der Waals surface area contributed by atoms with E-state index in [4.69, 9.17) is 10.5 Å². The molecule has 2 rings (SSSR count). The summed E-state index contributed by atoms with van der Waals surface area (Å²) in [4.78, 5) is 29.6. The van der Waals surface area contributed by atoms with Gasteiger partial charge in [-0.05, 0) is 32.9 Å². The summed E-state index contributed by atoms with van der Waals surface area (Å²) in [5, 5.41) is 11.6. The number of hydrogen-bond acceptors (Lipinski definition) is 9. The van der Waals surface area contributed by atoms with Gasteiger partial charge in [0.15, 0.2) is 10.3 Å². The number of anilines is 2. The van der Waals surface area contributed by atoms with Crippen LogP contribution in [0.3, 0.4) is 0 Å². The molecule has 0 spiro atoms. The van der Waals surface area contributed by atoms with Crippen LogP contribution in [0.4, 0.5) is 11.1 Å². The fourth-order valence-corrected chi connectivity index (χ4v) is 3.96. The van der Waals surface area contributed by atoms with Crippen LogP contribution in [0.5, 0.6) is 0 Å². The van der Waals surface area contributed by atoms with Crippen molar-refractivity contribution in [3.8, 4) is 0 Å². The molecule has 0 bridgehead atoms. The van der Waals surface area contributed by atoms with Gasteiger partial charge in [-0.25, -0.2) is 9.78 Å². The normalized spacial score (nSPS) is 12.2. The molecule has 1 unspecified atom stereocenters. The number of aromatic nitrogens is 4. The largest absolute Gasteiger partial charge is 0.459 e. The van der Waals surface area contributed by atoms with E-state index in [0.717, 1.165) is 17.1 Å². The number of rotatable bonds is 8. The van der Waals surface area contributed by atoms with Crippen LogP contribution in [-0.2, 0) is 9.53 Å². The highest BCUT2D eigenvalue weighted by Gasteiger charge is 2.26. The summed E-state index contributed by atoms with van der Waals surface area (Å²) in [6, 6.07) is -0.579. The van der Waals surface area contributed by atoms with Gasteiger partial charge in [0.05, 0.1) is 11.8 Å². The smallest absolute Gasteiger partial charge is 0.350 e. The summed E-state index contributed by atoms with van der Waals surface area (Å²) < 4.78 is 6.82. The first-order valence-corrected chi connectivity index (χ1v) is 10.4. The Hall–Kier alpha value is -2.14. The van der Waals surface area contributed by atoms with E-state index in [-0.39, 0.29) is 18.0 Å². The van der Waals surface area contributed by atoms with Crippen molar-refractivity contribution in [1.29, 1.82) is 0 Å². The molecule has 1 atom stereocenters. The molecule has 27 heavy (non-hydrogen) atoms. The van der Waals surface area contributed by atoms with Crippen molar-refractivity contribution >= 4 is 46.1 Å². The number of nitrogens with one attached hydrogen (secondary N) is 1. The van der Waals surface area contributed by atoms with E-state index in [1.54, 1.807) is 25.3 Å². The van der Waals surface area contributed by atoms with Crippen molar-refractivity contribution < 1.29 is 14.3 Å². The molecule has 0 fully saturated rings. The molecule has 2 aromatic rings. The Morgan fingerprint density at radius 2 is 2.04 bits per heavy atom. The second kappa shape index (κ2) is 9.18. The maximum Gasteiger partial charge on any atom is 0.350 e. The van der Waals surface area contributed by atoms with Gasteiger partial charge in [-0.1, -0.05) is 36.9 Å². The average Bonchev–Trinajstić information content (AvgIpc) is 3.12. The van der Waals surface area contributed by atoms with E-state index in [9.17, 15) is 9.59 Å². The number of nitrogen functional groups attached to an aromatic ring is 1. The van der Waals surface area contributed by atoms with E-state index in [0.29, 0.717) is 27.3 Å². The molecule has 0 aliphatic heterocycles. The first-order valence-electron chi connectivity index (χ1n) is 8.60. The van der Waals surface area contributed by atoms with Gasteiger partial charge in [0.2, 0.25) is 11.9 Å². The Balaban J connectivity index is 2.21. The first kappa shape index (κ1) is 21.2. The molecule has 148 valence electrons. The molecular formula is C16H24N6O3S2. The first-order chi connectivity index (χ1) is 12.8. The third-order valence-corrected chi connectivity index (χ3v) is 5.40. The van der Waals surface area contributed by atoms with Gasteiger partial charge in [-0.3, -0.25) is 9.36 Å². The van der Waals surface area contributed by atoms with Crippen molar-refractivity contribution in [2.24, 2.45) is 0 Å². The van der Waals surface area contributed by atoms with Crippen molar-refractivity contribution in [3.05, 3.63) is 10.6 Å². The Labute approximate surface area is 166 Å². The molecule has 0 saturated carbocycles. The average molecular weight is 413 g/mol. The zero-order chi connectivity index (χ0) is 20.1. The number of thiazole rings is 1. The van der Waals surface area contributed by atoms with Gasteiger partial charge in [-0.2, -0.15) is 0 Å². The number of carbonyl (C=O) groups is 2. The van der Waals surface area contributed by atoms with Crippen LogP contribution >= 0.6 is 23.1 Å². The molecule has 0 aliphatic rings. The third kappa shape index (κ3) is 4.98. The molecule has 0 saturated heterocycles. The molecule has 0 aromatic carbocycles. The van der Waals surface area contributed by atoms with E-state index >= 15 is 0 Å². The maximum atomic E-state index is 12.8. The van der Waals surface area contributed by atoms with E-state index in [1.165, 1.54) is 11.8 Å². The number of hydrogen-bond donors (Lipinski definition) is 2. The van der Waals surface area contributed by atoms with Crippen LogP contribution in [0.25, 0.3) is 0 Å². The summed E-state index contributed by atoms with van der Waals surface area (Å²) in [5.74, 6) is 0.226. The molecule has 11 heteroatoms. The van der Waals surface area contributed by atoms with Crippen LogP contribution < -0.4 is 11.1 Å². The minimum absolute atomic E-state index is 0.185. The van der Waals surface area contributed by atoms with E-state index in [2.05, 4.69) is 20.5 Å². The Kier molecular flexibility index (Phi) is 7.19. The molecule has 2 aromatic heterocycles. The van der Waals surface area contributed by atoms with Crippen LogP contribution in [0, 0.1) is 6.92 Å². The second-order valence-electron chi connectivity index (χ2n) is 5.94. The monoisotopic (exact) mass is 412 g/mol. The second-order valence-corrected chi connectivity index (χ2v) is 8.17. The minimum atomic E-state index is -0.579. The molecule has 3 N–H and O–H groups in total. The van der Waals surface area contributed by atoms with Crippen LogP contribution in [0.15, 0.2) is 5.16 Å². The van der Waals surface area contributed by atoms with Crippen LogP contribution in [0.2, 0.25) is 0 Å². The van der Waals surface area contributed by atoms with Gasteiger partial charge in [-0.15, -0.1) is 10.2 Å². The van der Waals surface area contributed by atoms with E-state index < -0.39 is 12.0 Å². The zero-order valence-electron chi connectivity index (χ0n) is 16.0. The Morgan fingerprint density at radius 3 is 2.63 bits per heavy atom. The van der Waals surface area contributed by atoms with Crippen LogP contribution in [0.1, 0.15) is 55.5 Å². The number of carbonyl (C=O) groups excluding carboxylic acids is 2. The van der Waals surface area contributed by atoms with Gasteiger partial charge >= 0.3 is 5.97 Å². The highest BCUT2D eigenvalue weighted by molar-refractivity contribution is 7.99. The van der Waals surface area contributed by atoms with Crippen LogP contribution in [-0.4, -0.2) is 43.5 Å². The van der Waals surface area contributed by atoms with Gasteiger partial charge < -0.3 is 15.8 Å². The number of ether oxygens (including phenoxy) is 1. The summed E-state index contributed by atoms with van der Waals surface area (Å²) in [6.07, 6.45) is 0.269. The fraction of sp³-hybridized carbons (Fsp3) is 0.562. The molecule has 0 radical (unpaired) electrons.